The van der Waals surface area contributed by atoms with Gasteiger partial charge < -0.3 is 15.8 Å². The Hall–Kier alpha value is -1.10. The van der Waals surface area contributed by atoms with Gasteiger partial charge in [-0.3, -0.25) is 4.79 Å². The van der Waals surface area contributed by atoms with E-state index in [0.29, 0.717) is 12.5 Å². The van der Waals surface area contributed by atoms with E-state index < -0.39 is 6.04 Å². The first-order valence-electron chi connectivity index (χ1n) is 6.98. The van der Waals surface area contributed by atoms with Gasteiger partial charge in [0.05, 0.1) is 24.3 Å². The van der Waals surface area contributed by atoms with Crippen LogP contribution in [0.2, 0.25) is 0 Å². The van der Waals surface area contributed by atoms with Crippen molar-refractivity contribution < 1.29 is 9.53 Å². The maximum Gasteiger partial charge on any atom is 0.237 e. The number of nitrogens with one attached hydrogen (secondary N) is 1. The lowest BCUT2D eigenvalue weighted by Gasteiger charge is -2.22. The largest absolute Gasteiger partial charge is 0.373 e. The highest BCUT2D eigenvalue weighted by atomic mass is 35.5. The molecule has 2 aliphatic rings. The van der Waals surface area contributed by atoms with Crippen molar-refractivity contribution in [3.8, 4) is 0 Å². The third-order valence-corrected chi connectivity index (χ3v) is 4.07. The van der Waals surface area contributed by atoms with Crippen LogP contribution in [0.5, 0.6) is 0 Å². The Morgan fingerprint density at radius 1 is 1.35 bits per heavy atom. The van der Waals surface area contributed by atoms with E-state index in [4.69, 9.17) is 10.5 Å². The lowest BCUT2D eigenvalue weighted by Crippen LogP contribution is -2.49. The molecular formula is C15H21ClN2O2. The lowest BCUT2D eigenvalue weighted by atomic mass is 9.95. The zero-order valence-electron chi connectivity index (χ0n) is 11.3. The fourth-order valence-electron chi connectivity index (χ4n) is 3.04. The highest BCUT2D eigenvalue weighted by Crippen LogP contribution is 2.34. The van der Waals surface area contributed by atoms with Crippen molar-refractivity contribution >= 4 is 18.3 Å². The summed E-state index contributed by atoms with van der Waals surface area (Å²) in [6.07, 6.45) is 4.26. The van der Waals surface area contributed by atoms with Crippen molar-refractivity contribution in [2.75, 3.05) is 0 Å². The fraction of sp³-hybridized carbons (Fsp3) is 0.533. The Bertz CT molecular complexity index is 454. The van der Waals surface area contributed by atoms with E-state index in [2.05, 4.69) is 5.32 Å². The SMILES string of the molecule is Cl.NC(Cc1ccccc1)C(=O)NC1CC2CCC1O2. The molecule has 5 heteroatoms. The molecule has 0 spiro atoms. The van der Waals surface area contributed by atoms with Crippen LogP contribution < -0.4 is 11.1 Å². The molecule has 0 aliphatic carbocycles. The summed E-state index contributed by atoms with van der Waals surface area (Å²) in [6.45, 7) is 0. The average molecular weight is 297 g/mol. The molecule has 4 atom stereocenters. The van der Waals surface area contributed by atoms with Crippen LogP contribution in [0.25, 0.3) is 0 Å². The second-order valence-corrected chi connectivity index (χ2v) is 5.52. The summed E-state index contributed by atoms with van der Waals surface area (Å²) in [7, 11) is 0. The molecule has 20 heavy (non-hydrogen) atoms. The molecular weight excluding hydrogens is 276 g/mol. The summed E-state index contributed by atoms with van der Waals surface area (Å²) in [5, 5.41) is 3.04. The Kier molecular flexibility index (Phi) is 5.02. The minimum absolute atomic E-state index is 0. The molecule has 0 saturated carbocycles. The summed E-state index contributed by atoms with van der Waals surface area (Å²) in [5.74, 6) is -0.0648. The second kappa shape index (κ2) is 6.57. The van der Waals surface area contributed by atoms with Crippen molar-refractivity contribution in [1.82, 2.24) is 5.32 Å². The normalized spacial score (nSPS) is 28.8. The van der Waals surface area contributed by atoms with Gasteiger partial charge in [-0.25, -0.2) is 0 Å². The minimum Gasteiger partial charge on any atom is -0.373 e. The lowest BCUT2D eigenvalue weighted by molar-refractivity contribution is -0.123. The van der Waals surface area contributed by atoms with Gasteiger partial charge in [0, 0.05) is 0 Å². The first-order chi connectivity index (χ1) is 9.22. The van der Waals surface area contributed by atoms with E-state index in [0.717, 1.165) is 24.8 Å². The van der Waals surface area contributed by atoms with Gasteiger partial charge in [0.15, 0.2) is 0 Å². The van der Waals surface area contributed by atoms with Gasteiger partial charge in [-0.05, 0) is 31.2 Å². The average Bonchev–Trinajstić information content (AvgIpc) is 3.02. The maximum absolute atomic E-state index is 12.1. The van der Waals surface area contributed by atoms with Gasteiger partial charge in [-0.1, -0.05) is 30.3 Å². The van der Waals surface area contributed by atoms with E-state index in [9.17, 15) is 4.79 Å². The minimum atomic E-state index is -0.485. The molecule has 1 aromatic rings. The van der Waals surface area contributed by atoms with Crippen molar-refractivity contribution in [2.45, 2.75) is 50.0 Å². The predicted octanol–water partition coefficient (Wildman–Crippen LogP) is 1.41. The van der Waals surface area contributed by atoms with Crippen molar-refractivity contribution in [3.05, 3.63) is 35.9 Å². The molecule has 2 heterocycles. The Balaban J connectivity index is 0.00000147. The second-order valence-electron chi connectivity index (χ2n) is 5.52. The van der Waals surface area contributed by atoms with Crippen LogP contribution in [0.1, 0.15) is 24.8 Å². The smallest absolute Gasteiger partial charge is 0.237 e. The molecule has 4 unspecified atom stereocenters. The van der Waals surface area contributed by atoms with Crippen LogP contribution in [0.15, 0.2) is 30.3 Å². The molecule has 0 aromatic heterocycles. The predicted molar refractivity (Wildman–Crippen MR) is 79.8 cm³/mol. The fourth-order valence-corrected chi connectivity index (χ4v) is 3.04. The summed E-state index contributed by atoms with van der Waals surface area (Å²) in [4.78, 5) is 12.1. The Morgan fingerprint density at radius 3 is 2.70 bits per heavy atom. The molecule has 1 amide bonds. The van der Waals surface area contributed by atoms with E-state index >= 15 is 0 Å². The molecule has 3 rings (SSSR count). The van der Waals surface area contributed by atoms with E-state index in [-0.39, 0.29) is 30.5 Å². The first kappa shape index (κ1) is 15.3. The molecule has 2 aliphatic heterocycles. The highest BCUT2D eigenvalue weighted by Gasteiger charge is 2.41. The highest BCUT2D eigenvalue weighted by molar-refractivity contribution is 5.85. The standard InChI is InChI=1S/C15H20N2O2.ClH/c16-12(8-10-4-2-1-3-5-10)15(18)17-13-9-11-6-7-14(13)19-11;/h1-5,11-14H,6-9,16H2,(H,17,18);1H. The Labute approximate surface area is 125 Å². The van der Waals surface area contributed by atoms with Gasteiger partial charge in [-0.2, -0.15) is 0 Å². The molecule has 0 radical (unpaired) electrons. The number of fused-ring (bicyclic) bond motifs is 2. The number of halogens is 1. The molecule has 2 bridgehead atoms. The number of benzene rings is 1. The monoisotopic (exact) mass is 296 g/mol. The van der Waals surface area contributed by atoms with E-state index in [1.807, 2.05) is 30.3 Å². The van der Waals surface area contributed by atoms with Crippen LogP contribution >= 0.6 is 12.4 Å². The van der Waals surface area contributed by atoms with Crippen molar-refractivity contribution in [3.63, 3.8) is 0 Å². The molecule has 4 nitrogen and oxygen atoms in total. The van der Waals surface area contributed by atoms with Crippen LogP contribution in [0.4, 0.5) is 0 Å². The topological polar surface area (TPSA) is 64.4 Å². The molecule has 1 aromatic carbocycles. The zero-order valence-corrected chi connectivity index (χ0v) is 12.1. The van der Waals surface area contributed by atoms with Crippen LogP contribution in [-0.4, -0.2) is 30.2 Å². The van der Waals surface area contributed by atoms with Gasteiger partial charge in [0.2, 0.25) is 5.91 Å². The van der Waals surface area contributed by atoms with Crippen molar-refractivity contribution in [2.24, 2.45) is 5.73 Å². The summed E-state index contributed by atoms with van der Waals surface area (Å²) in [6, 6.07) is 9.55. The number of carbonyl (C=O) groups is 1. The van der Waals surface area contributed by atoms with Gasteiger partial charge in [-0.15, -0.1) is 12.4 Å². The number of hydrogen-bond donors (Lipinski definition) is 2. The van der Waals surface area contributed by atoms with E-state index in [1.54, 1.807) is 0 Å². The first-order valence-corrected chi connectivity index (χ1v) is 6.98. The number of carbonyl (C=O) groups excluding carboxylic acids is 1. The molecule has 2 fully saturated rings. The van der Waals surface area contributed by atoms with Gasteiger partial charge in [0.25, 0.3) is 0 Å². The maximum atomic E-state index is 12.1. The number of hydrogen-bond acceptors (Lipinski definition) is 3. The number of amides is 1. The summed E-state index contributed by atoms with van der Waals surface area (Å²) in [5.41, 5.74) is 7.06. The quantitative estimate of drug-likeness (QED) is 0.883. The van der Waals surface area contributed by atoms with Crippen LogP contribution in [0, 0.1) is 0 Å². The molecule has 2 saturated heterocycles. The third-order valence-electron chi connectivity index (χ3n) is 4.07. The zero-order chi connectivity index (χ0) is 13.2. The van der Waals surface area contributed by atoms with Gasteiger partial charge >= 0.3 is 0 Å². The van der Waals surface area contributed by atoms with E-state index in [1.165, 1.54) is 0 Å². The number of nitrogens with two attached hydrogens (primary N) is 1. The third kappa shape index (κ3) is 3.32. The molecule has 110 valence electrons. The number of rotatable bonds is 4. The van der Waals surface area contributed by atoms with Crippen LogP contribution in [-0.2, 0) is 16.0 Å². The molecule has 3 N–H and O–H groups in total. The van der Waals surface area contributed by atoms with Crippen LogP contribution in [0.3, 0.4) is 0 Å². The Morgan fingerprint density at radius 2 is 2.10 bits per heavy atom. The summed E-state index contributed by atoms with van der Waals surface area (Å²) >= 11 is 0. The number of ether oxygens (including phenoxy) is 1. The van der Waals surface area contributed by atoms with Crippen molar-refractivity contribution in [1.29, 1.82) is 0 Å². The van der Waals surface area contributed by atoms with Gasteiger partial charge in [0.1, 0.15) is 0 Å². The summed E-state index contributed by atoms with van der Waals surface area (Å²) < 4.78 is 5.73.